The van der Waals surface area contributed by atoms with Crippen molar-refractivity contribution in [1.82, 2.24) is 15.3 Å². The second-order valence-electron chi connectivity index (χ2n) is 8.58. The molecule has 3 aromatic carbocycles. The standard InChI is InChI=1S/C27H28N4O/c32-26(28-18-19-7-6-10-22(17-19)20-8-2-1-3-9-20)21-13-15-23(16-14-21)29-27-30-24-11-4-5-12-25(24)31-27/h1-12,17,21,23H,13-16,18H2,(H,28,32)(H2,29,30,31)/t21-,23-. The number of fused-ring (bicyclic) bond motifs is 1. The molecule has 1 saturated carbocycles. The first-order valence-corrected chi connectivity index (χ1v) is 11.4. The molecule has 0 aliphatic heterocycles. The van der Waals surface area contributed by atoms with Crippen LogP contribution in [0.5, 0.6) is 0 Å². The Kier molecular flexibility index (Phi) is 5.88. The van der Waals surface area contributed by atoms with Crippen LogP contribution in [-0.4, -0.2) is 21.9 Å². The molecule has 5 nitrogen and oxygen atoms in total. The lowest BCUT2D eigenvalue weighted by molar-refractivity contribution is -0.126. The van der Waals surface area contributed by atoms with Crippen molar-refractivity contribution < 1.29 is 4.79 Å². The lowest BCUT2D eigenvalue weighted by Gasteiger charge is -2.28. The number of carbonyl (C=O) groups is 1. The number of amides is 1. The molecule has 4 aromatic rings. The molecule has 1 fully saturated rings. The highest BCUT2D eigenvalue weighted by atomic mass is 16.1. The maximum absolute atomic E-state index is 12.8. The summed E-state index contributed by atoms with van der Waals surface area (Å²) >= 11 is 0. The molecule has 0 radical (unpaired) electrons. The van der Waals surface area contributed by atoms with Crippen molar-refractivity contribution in [3.05, 3.63) is 84.4 Å². The van der Waals surface area contributed by atoms with E-state index in [4.69, 9.17) is 0 Å². The minimum absolute atomic E-state index is 0.0843. The van der Waals surface area contributed by atoms with Gasteiger partial charge in [-0.05, 0) is 60.6 Å². The Bertz CT molecular complexity index is 1160. The van der Waals surface area contributed by atoms with E-state index in [2.05, 4.69) is 57.0 Å². The zero-order valence-electron chi connectivity index (χ0n) is 18.1. The van der Waals surface area contributed by atoms with Crippen LogP contribution in [0.2, 0.25) is 0 Å². The van der Waals surface area contributed by atoms with Gasteiger partial charge in [0, 0.05) is 18.5 Å². The van der Waals surface area contributed by atoms with Gasteiger partial charge in [-0.25, -0.2) is 4.98 Å². The number of H-pyrrole nitrogens is 1. The number of aromatic amines is 1. The molecule has 1 aromatic heterocycles. The van der Waals surface area contributed by atoms with E-state index in [1.165, 1.54) is 11.1 Å². The number of benzene rings is 3. The quantitative estimate of drug-likeness (QED) is 0.382. The van der Waals surface area contributed by atoms with Gasteiger partial charge >= 0.3 is 0 Å². The molecule has 0 bridgehead atoms. The average molecular weight is 425 g/mol. The van der Waals surface area contributed by atoms with Gasteiger partial charge in [-0.15, -0.1) is 0 Å². The molecule has 0 atom stereocenters. The molecule has 1 aliphatic carbocycles. The largest absolute Gasteiger partial charge is 0.353 e. The topological polar surface area (TPSA) is 69.8 Å². The van der Waals surface area contributed by atoms with Gasteiger partial charge in [-0.1, -0.05) is 60.7 Å². The summed E-state index contributed by atoms with van der Waals surface area (Å²) < 4.78 is 0. The van der Waals surface area contributed by atoms with Gasteiger partial charge in [-0.3, -0.25) is 4.79 Å². The summed E-state index contributed by atoms with van der Waals surface area (Å²) in [7, 11) is 0. The molecule has 162 valence electrons. The molecule has 1 amide bonds. The van der Waals surface area contributed by atoms with Crippen molar-refractivity contribution in [2.75, 3.05) is 5.32 Å². The normalized spacial score (nSPS) is 18.4. The smallest absolute Gasteiger partial charge is 0.223 e. The van der Waals surface area contributed by atoms with Crippen molar-refractivity contribution >= 4 is 22.9 Å². The fourth-order valence-electron chi connectivity index (χ4n) is 4.54. The summed E-state index contributed by atoms with van der Waals surface area (Å²) in [6, 6.07) is 27.1. The number of imidazole rings is 1. The third kappa shape index (κ3) is 4.67. The van der Waals surface area contributed by atoms with Crippen molar-refractivity contribution in [3.8, 4) is 11.1 Å². The first-order valence-electron chi connectivity index (χ1n) is 11.4. The average Bonchev–Trinajstić information content (AvgIpc) is 3.26. The van der Waals surface area contributed by atoms with Crippen LogP contribution in [0.15, 0.2) is 78.9 Å². The number of rotatable bonds is 6. The Morgan fingerprint density at radius 1 is 0.875 bits per heavy atom. The molecule has 1 aliphatic rings. The van der Waals surface area contributed by atoms with Crippen LogP contribution in [0, 0.1) is 5.92 Å². The van der Waals surface area contributed by atoms with E-state index < -0.39 is 0 Å². The minimum atomic E-state index is 0.0843. The van der Waals surface area contributed by atoms with E-state index in [1.54, 1.807) is 0 Å². The number of anilines is 1. The lowest BCUT2D eigenvalue weighted by Crippen LogP contribution is -2.35. The number of hydrogen-bond acceptors (Lipinski definition) is 3. The fraction of sp³-hybridized carbons (Fsp3) is 0.259. The van der Waals surface area contributed by atoms with Gasteiger partial charge in [0.05, 0.1) is 11.0 Å². The molecule has 3 N–H and O–H groups in total. The number of aromatic nitrogens is 2. The lowest BCUT2D eigenvalue weighted by atomic mass is 9.85. The molecule has 0 unspecified atom stereocenters. The number of hydrogen-bond donors (Lipinski definition) is 3. The molecule has 1 heterocycles. The van der Waals surface area contributed by atoms with Crippen LogP contribution in [0.3, 0.4) is 0 Å². The van der Waals surface area contributed by atoms with E-state index in [0.717, 1.165) is 48.2 Å². The highest BCUT2D eigenvalue weighted by Crippen LogP contribution is 2.27. The second kappa shape index (κ2) is 9.27. The van der Waals surface area contributed by atoms with Gasteiger partial charge in [0.25, 0.3) is 0 Å². The summed E-state index contributed by atoms with van der Waals surface area (Å²) in [5, 5.41) is 6.66. The molecule has 5 rings (SSSR count). The Labute approximate surface area is 188 Å². The van der Waals surface area contributed by atoms with Gasteiger partial charge in [0.2, 0.25) is 11.9 Å². The maximum Gasteiger partial charge on any atom is 0.223 e. The predicted molar refractivity (Wildman–Crippen MR) is 129 cm³/mol. The van der Waals surface area contributed by atoms with Crippen molar-refractivity contribution in [2.24, 2.45) is 5.92 Å². The van der Waals surface area contributed by atoms with E-state index in [-0.39, 0.29) is 11.8 Å². The number of para-hydroxylation sites is 2. The highest BCUT2D eigenvalue weighted by Gasteiger charge is 2.26. The number of carbonyl (C=O) groups excluding carboxylic acids is 1. The molecular formula is C27H28N4O. The van der Waals surface area contributed by atoms with Crippen molar-refractivity contribution in [3.63, 3.8) is 0 Å². The first kappa shape index (κ1) is 20.3. The van der Waals surface area contributed by atoms with Crippen LogP contribution in [0.1, 0.15) is 31.2 Å². The summed E-state index contributed by atoms with van der Waals surface area (Å²) in [5.74, 6) is 1.07. The molecular weight excluding hydrogens is 396 g/mol. The Hall–Kier alpha value is -3.60. The third-order valence-electron chi connectivity index (χ3n) is 6.33. The van der Waals surface area contributed by atoms with Gasteiger partial charge < -0.3 is 15.6 Å². The molecule has 32 heavy (non-hydrogen) atoms. The van der Waals surface area contributed by atoms with E-state index in [0.29, 0.717) is 12.6 Å². The Morgan fingerprint density at radius 3 is 2.44 bits per heavy atom. The number of nitrogens with one attached hydrogen (secondary N) is 3. The third-order valence-corrected chi connectivity index (χ3v) is 6.33. The maximum atomic E-state index is 12.8. The van der Waals surface area contributed by atoms with Gasteiger partial charge in [0.1, 0.15) is 0 Å². The Balaban J connectivity index is 1.12. The zero-order chi connectivity index (χ0) is 21.8. The Morgan fingerprint density at radius 2 is 1.62 bits per heavy atom. The van der Waals surface area contributed by atoms with E-state index >= 15 is 0 Å². The van der Waals surface area contributed by atoms with Crippen LogP contribution in [-0.2, 0) is 11.3 Å². The predicted octanol–water partition coefficient (Wildman–Crippen LogP) is 5.52. The molecule has 0 spiro atoms. The van der Waals surface area contributed by atoms with Crippen LogP contribution in [0.25, 0.3) is 22.2 Å². The summed E-state index contributed by atoms with van der Waals surface area (Å²) in [5.41, 5.74) is 5.50. The second-order valence-corrected chi connectivity index (χ2v) is 8.58. The highest BCUT2D eigenvalue weighted by molar-refractivity contribution is 5.79. The van der Waals surface area contributed by atoms with Crippen LogP contribution >= 0.6 is 0 Å². The van der Waals surface area contributed by atoms with Crippen molar-refractivity contribution in [2.45, 2.75) is 38.3 Å². The monoisotopic (exact) mass is 424 g/mol. The van der Waals surface area contributed by atoms with E-state index in [9.17, 15) is 4.79 Å². The summed E-state index contributed by atoms with van der Waals surface area (Å²) in [6.07, 6.45) is 3.73. The SMILES string of the molecule is O=C(NCc1cccc(-c2ccccc2)c1)[C@H]1CC[C@H](Nc2nc3ccccc3[nH]2)CC1. The fourth-order valence-corrected chi connectivity index (χ4v) is 4.54. The van der Waals surface area contributed by atoms with Crippen molar-refractivity contribution in [1.29, 1.82) is 0 Å². The summed E-state index contributed by atoms with van der Waals surface area (Å²) in [4.78, 5) is 20.7. The van der Waals surface area contributed by atoms with Crippen LogP contribution in [0.4, 0.5) is 5.95 Å². The van der Waals surface area contributed by atoms with Crippen LogP contribution < -0.4 is 10.6 Å². The number of nitrogens with zero attached hydrogens (tertiary/aromatic N) is 1. The van der Waals surface area contributed by atoms with Gasteiger partial charge in [0.15, 0.2) is 0 Å². The molecule has 0 saturated heterocycles. The van der Waals surface area contributed by atoms with Gasteiger partial charge in [-0.2, -0.15) is 0 Å². The van der Waals surface area contributed by atoms with E-state index in [1.807, 2.05) is 42.5 Å². The first-order chi connectivity index (χ1) is 15.7. The minimum Gasteiger partial charge on any atom is -0.353 e. The molecule has 5 heteroatoms. The summed E-state index contributed by atoms with van der Waals surface area (Å²) in [6.45, 7) is 0.566. The zero-order valence-corrected chi connectivity index (χ0v) is 18.1.